The Morgan fingerprint density at radius 3 is 2.33 bits per heavy atom. The van der Waals surface area contributed by atoms with Crippen molar-refractivity contribution in [2.75, 3.05) is 11.9 Å². The number of carbonyl (C=O) groups excluding carboxylic acids is 3. The maximum absolute atomic E-state index is 12.5. The van der Waals surface area contributed by atoms with Crippen molar-refractivity contribution in [3.8, 4) is 0 Å². The molecular formula is C17H14Cl2N2O3. The van der Waals surface area contributed by atoms with Crippen LogP contribution in [0.4, 0.5) is 5.69 Å². The van der Waals surface area contributed by atoms with E-state index in [9.17, 15) is 14.4 Å². The lowest BCUT2D eigenvalue weighted by Crippen LogP contribution is -2.39. The van der Waals surface area contributed by atoms with Gasteiger partial charge >= 0.3 is 0 Å². The number of hydrogen-bond acceptors (Lipinski definition) is 3. The van der Waals surface area contributed by atoms with E-state index in [1.54, 1.807) is 12.1 Å². The normalized spacial score (nSPS) is 30.2. The van der Waals surface area contributed by atoms with E-state index < -0.39 is 5.91 Å². The number of carbonyl (C=O) groups is 3. The molecule has 4 atom stereocenters. The highest BCUT2D eigenvalue weighted by Gasteiger charge is 2.59. The SMILES string of the molecule is O=C(CN1C(=O)[C@@H]2[C@@H](C1=O)[C@H]1C=C[C@H]2C1)Nc1ccc(Cl)cc1Cl. The second-order valence-electron chi connectivity index (χ2n) is 6.43. The quantitative estimate of drug-likeness (QED) is 0.662. The Labute approximate surface area is 148 Å². The van der Waals surface area contributed by atoms with E-state index in [2.05, 4.69) is 5.32 Å². The molecular weight excluding hydrogens is 351 g/mol. The maximum Gasteiger partial charge on any atom is 0.244 e. The predicted molar refractivity (Wildman–Crippen MR) is 89.5 cm³/mol. The Morgan fingerprint density at radius 1 is 1.12 bits per heavy atom. The van der Waals surface area contributed by atoms with Crippen molar-refractivity contribution in [2.45, 2.75) is 6.42 Å². The minimum atomic E-state index is -0.457. The molecule has 3 aliphatic rings. The fraction of sp³-hybridized carbons (Fsp3) is 0.353. The van der Waals surface area contributed by atoms with Gasteiger partial charge in [0.25, 0.3) is 0 Å². The van der Waals surface area contributed by atoms with Gasteiger partial charge in [-0.15, -0.1) is 0 Å². The van der Waals surface area contributed by atoms with E-state index >= 15 is 0 Å². The van der Waals surface area contributed by atoms with Crippen LogP contribution in [-0.2, 0) is 14.4 Å². The second-order valence-corrected chi connectivity index (χ2v) is 7.28. The third-order valence-corrected chi connectivity index (χ3v) is 5.62. The minimum absolute atomic E-state index is 0.134. The zero-order chi connectivity index (χ0) is 17.0. The van der Waals surface area contributed by atoms with Gasteiger partial charge in [0.2, 0.25) is 17.7 Å². The molecule has 3 amide bonds. The zero-order valence-electron chi connectivity index (χ0n) is 12.5. The summed E-state index contributed by atoms with van der Waals surface area (Å²) in [7, 11) is 0. The number of likely N-dealkylation sites (tertiary alicyclic amines) is 1. The van der Waals surface area contributed by atoms with Crippen LogP contribution in [0.25, 0.3) is 0 Å². The van der Waals surface area contributed by atoms with Gasteiger partial charge in [0.1, 0.15) is 6.54 Å². The van der Waals surface area contributed by atoms with Gasteiger partial charge in [-0.2, -0.15) is 0 Å². The Bertz CT molecular complexity index is 762. The van der Waals surface area contributed by atoms with Crippen LogP contribution in [0.2, 0.25) is 10.0 Å². The number of halogens is 2. The largest absolute Gasteiger partial charge is 0.323 e. The van der Waals surface area contributed by atoms with Crippen molar-refractivity contribution in [2.24, 2.45) is 23.7 Å². The molecule has 5 nitrogen and oxygen atoms in total. The second kappa shape index (κ2) is 5.60. The van der Waals surface area contributed by atoms with Gasteiger partial charge in [-0.3, -0.25) is 19.3 Å². The van der Waals surface area contributed by atoms with Crippen molar-refractivity contribution in [3.63, 3.8) is 0 Å². The first-order chi connectivity index (χ1) is 11.5. The van der Waals surface area contributed by atoms with E-state index in [1.807, 2.05) is 12.2 Å². The van der Waals surface area contributed by atoms with Crippen LogP contribution >= 0.6 is 23.2 Å². The Kier molecular flexibility index (Phi) is 3.66. The molecule has 1 aromatic carbocycles. The van der Waals surface area contributed by atoms with E-state index in [-0.39, 0.29) is 42.0 Å². The molecule has 0 aromatic heterocycles. The topological polar surface area (TPSA) is 66.5 Å². The molecule has 1 aromatic rings. The summed E-state index contributed by atoms with van der Waals surface area (Å²) in [4.78, 5) is 38.4. The van der Waals surface area contributed by atoms with Crippen LogP contribution in [0.5, 0.6) is 0 Å². The van der Waals surface area contributed by atoms with Gasteiger partial charge in [0.15, 0.2) is 0 Å². The summed E-state index contributed by atoms with van der Waals surface area (Å²) in [5, 5.41) is 3.38. The summed E-state index contributed by atoms with van der Waals surface area (Å²) >= 11 is 11.8. The monoisotopic (exact) mass is 364 g/mol. The van der Waals surface area contributed by atoms with Gasteiger partial charge in [-0.05, 0) is 36.5 Å². The molecule has 2 aliphatic carbocycles. The lowest BCUT2D eigenvalue weighted by Gasteiger charge is -2.17. The van der Waals surface area contributed by atoms with Gasteiger partial charge in [-0.1, -0.05) is 35.4 Å². The van der Waals surface area contributed by atoms with E-state index in [0.29, 0.717) is 15.7 Å². The van der Waals surface area contributed by atoms with Gasteiger partial charge in [0.05, 0.1) is 22.5 Å². The molecule has 0 spiro atoms. The first-order valence-electron chi connectivity index (χ1n) is 7.74. The van der Waals surface area contributed by atoms with Crippen molar-refractivity contribution in [1.82, 2.24) is 4.90 Å². The molecule has 24 heavy (non-hydrogen) atoms. The summed E-state index contributed by atoms with van der Waals surface area (Å²) < 4.78 is 0. The van der Waals surface area contributed by atoms with Crippen molar-refractivity contribution in [1.29, 1.82) is 0 Å². The average Bonchev–Trinajstić information content (AvgIpc) is 3.20. The molecule has 0 radical (unpaired) electrons. The maximum atomic E-state index is 12.5. The fourth-order valence-corrected chi connectivity index (χ4v) is 4.50. The lowest BCUT2D eigenvalue weighted by molar-refractivity contribution is -0.143. The van der Waals surface area contributed by atoms with E-state index in [1.165, 1.54) is 6.07 Å². The molecule has 124 valence electrons. The van der Waals surface area contributed by atoms with Crippen LogP contribution in [0.15, 0.2) is 30.4 Å². The number of nitrogens with one attached hydrogen (secondary N) is 1. The van der Waals surface area contributed by atoms with Crippen LogP contribution in [-0.4, -0.2) is 29.2 Å². The fourth-order valence-electron chi connectivity index (χ4n) is 4.04. The summed E-state index contributed by atoms with van der Waals surface area (Å²) in [6.45, 7) is -0.289. The van der Waals surface area contributed by atoms with Gasteiger partial charge in [-0.25, -0.2) is 0 Å². The molecule has 2 bridgehead atoms. The third-order valence-electron chi connectivity index (χ3n) is 5.07. The summed E-state index contributed by atoms with van der Waals surface area (Å²) in [6, 6.07) is 4.69. The number of imide groups is 1. The first-order valence-corrected chi connectivity index (χ1v) is 8.50. The number of hydrogen-bond donors (Lipinski definition) is 1. The smallest absolute Gasteiger partial charge is 0.244 e. The average molecular weight is 365 g/mol. The Morgan fingerprint density at radius 2 is 1.75 bits per heavy atom. The molecule has 1 saturated heterocycles. The number of rotatable bonds is 3. The van der Waals surface area contributed by atoms with Crippen LogP contribution in [0, 0.1) is 23.7 Å². The number of benzene rings is 1. The van der Waals surface area contributed by atoms with E-state index in [0.717, 1.165) is 11.3 Å². The van der Waals surface area contributed by atoms with Gasteiger partial charge < -0.3 is 5.32 Å². The first kappa shape index (κ1) is 15.7. The van der Waals surface area contributed by atoms with Crippen LogP contribution in [0.1, 0.15) is 6.42 Å². The highest BCUT2D eigenvalue weighted by Crippen LogP contribution is 2.52. The number of amides is 3. The lowest BCUT2D eigenvalue weighted by atomic mass is 9.85. The predicted octanol–water partition coefficient (Wildman–Crippen LogP) is 2.74. The van der Waals surface area contributed by atoms with Crippen LogP contribution < -0.4 is 5.32 Å². The standard InChI is InChI=1S/C17H14Cl2N2O3/c18-10-3-4-12(11(19)6-10)20-13(22)7-21-16(23)14-8-1-2-9(5-8)15(14)17(21)24/h1-4,6,8-9,14-15H,5,7H2,(H,20,22)/t8-,9-,14-,15-/m0/s1. The van der Waals surface area contributed by atoms with Crippen molar-refractivity contribution >= 4 is 46.6 Å². The molecule has 4 rings (SSSR count). The number of fused-ring (bicyclic) bond motifs is 5. The summed E-state index contributed by atoms with van der Waals surface area (Å²) in [5.74, 6) is -1.25. The van der Waals surface area contributed by atoms with Crippen LogP contribution in [0.3, 0.4) is 0 Å². The summed E-state index contributed by atoms with van der Waals surface area (Å²) in [5.41, 5.74) is 0.395. The third kappa shape index (κ3) is 2.34. The number of anilines is 1. The molecule has 1 aliphatic heterocycles. The molecule has 1 heterocycles. The summed E-state index contributed by atoms with van der Waals surface area (Å²) in [6.07, 6.45) is 4.91. The molecule has 7 heteroatoms. The molecule has 1 N–H and O–H groups in total. The minimum Gasteiger partial charge on any atom is -0.323 e. The number of allylic oxidation sites excluding steroid dienone is 2. The molecule has 2 fully saturated rings. The highest BCUT2D eigenvalue weighted by molar-refractivity contribution is 6.36. The van der Waals surface area contributed by atoms with Crippen molar-refractivity contribution in [3.05, 3.63) is 40.4 Å². The number of nitrogens with zero attached hydrogens (tertiary/aromatic N) is 1. The van der Waals surface area contributed by atoms with Gasteiger partial charge in [0, 0.05) is 5.02 Å². The zero-order valence-corrected chi connectivity index (χ0v) is 14.1. The molecule has 1 saturated carbocycles. The Balaban J connectivity index is 1.47. The Hall–Kier alpha value is -1.85. The van der Waals surface area contributed by atoms with Crippen molar-refractivity contribution < 1.29 is 14.4 Å². The molecule has 0 unspecified atom stereocenters. The van der Waals surface area contributed by atoms with E-state index in [4.69, 9.17) is 23.2 Å². The highest BCUT2D eigenvalue weighted by atomic mass is 35.5.